The molecule has 0 saturated carbocycles. The summed E-state index contributed by atoms with van der Waals surface area (Å²) in [6.07, 6.45) is 4.67. The molecular weight excluding hydrogens is 336 g/mol. The molecule has 0 aromatic rings. The van der Waals surface area contributed by atoms with E-state index in [4.69, 9.17) is 9.47 Å². The lowest BCUT2D eigenvalue weighted by molar-refractivity contribution is -0.150. The van der Waals surface area contributed by atoms with Crippen molar-refractivity contribution in [2.24, 2.45) is 11.8 Å². The first kappa shape index (κ1) is 20.4. The number of halogens is 1. The number of hydrogen-bond donors (Lipinski definition) is 0. The fourth-order valence-corrected chi connectivity index (χ4v) is 2.81. The van der Waals surface area contributed by atoms with Gasteiger partial charge in [0, 0.05) is 17.7 Å². The predicted octanol–water partition coefficient (Wildman–Crippen LogP) is 4.10. The lowest BCUT2D eigenvalue weighted by atomic mass is 10.0. The van der Waals surface area contributed by atoms with Gasteiger partial charge in [-0.25, -0.2) is 0 Å². The summed E-state index contributed by atoms with van der Waals surface area (Å²) in [5.41, 5.74) is 0. The Labute approximate surface area is 137 Å². The fourth-order valence-electron chi connectivity index (χ4n) is 2.26. The minimum Gasteiger partial charge on any atom is -0.466 e. The predicted molar refractivity (Wildman–Crippen MR) is 87.4 cm³/mol. The van der Waals surface area contributed by atoms with Crippen LogP contribution in [0.3, 0.4) is 0 Å². The highest BCUT2D eigenvalue weighted by molar-refractivity contribution is 9.09. The second-order valence-corrected chi connectivity index (χ2v) is 6.01. The molecular formula is C16H29BrO4. The molecule has 5 heteroatoms. The van der Waals surface area contributed by atoms with Crippen molar-refractivity contribution in [3.8, 4) is 0 Å². The molecule has 0 rings (SSSR count). The molecule has 0 aliphatic heterocycles. The number of rotatable bonds is 12. The van der Waals surface area contributed by atoms with Crippen molar-refractivity contribution < 1.29 is 19.1 Å². The van der Waals surface area contributed by atoms with E-state index in [1.165, 1.54) is 0 Å². The summed E-state index contributed by atoms with van der Waals surface area (Å²) >= 11 is 3.43. The Morgan fingerprint density at radius 2 is 1.43 bits per heavy atom. The molecule has 0 aliphatic carbocycles. The first-order chi connectivity index (χ1) is 10.1. The second-order valence-electron chi connectivity index (χ2n) is 5.36. The van der Waals surface area contributed by atoms with Crippen LogP contribution < -0.4 is 0 Å². The number of esters is 2. The van der Waals surface area contributed by atoms with E-state index in [1.54, 1.807) is 6.92 Å². The molecule has 2 atom stereocenters. The van der Waals surface area contributed by atoms with Gasteiger partial charge in [0.1, 0.15) is 0 Å². The number of ether oxygens (including phenoxy) is 2. The van der Waals surface area contributed by atoms with Gasteiger partial charge in [-0.05, 0) is 25.7 Å². The molecule has 0 saturated heterocycles. The third-order valence-corrected chi connectivity index (χ3v) is 4.22. The van der Waals surface area contributed by atoms with Crippen molar-refractivity contribution >= 4 is 27.9 Å². The summed E-state index contributed by atoms with van der Waals surface area (Å²) < 4.78 is 10.3. The molecule has 0 spiro atoms. The van der Waals surface area contributed by atoms with Crippen LogP contribution in [0.2, 0.25) is 0 Å². The van der Waals surface area contributed by atoms with Gasteiger partial charge < -0.3 is 9.47 Å². The van der Waals surface area contributed by atoms with Crippen LogP contribution in [0.1, 0.15) is 59.3 Å². The average Bonchev–Trinajstić information content (AvgIpc) is 2.44. The standard InChI is InChI=1S/C16H29BrO4/c1-4-7-13(11-17)9-16(19)21-12-14(8-5-2)10-15(18)20-6-3/h13-14H,4-12H2,1-3H3/t13-,14-/m1/s1. The van der Waals surface area contributed by atoms with E-state index in [1.807, 2.05) is 0 Å². The molecule has 0 amide bonds. The summed E-state index contributed by atoms with van der Waals surface area (Å²) in [6, 6.07) is 0. The smallest absolute Gasteiger partial charge is 0.306 e. The first-order valence-corrected chi connectivity index (χ1v) is 9.06. The molecule has 21 heavy (non-hydrogen) atoms. The van der Waals surface area contributed by atoms with Crippen molar-refractivity contribution in [3.63, 3.8) is 0 Å². The lowest BCUT2D eigenvalue weighted by Crippen LogP contribution is -2.20. The van der Waals surface area contributed by atoms with E-state index < -0.39 is 0 Å². The third kappa shape index (κ3) is 10.7. The zero-order valence-electron chi connectivity index (χ0n) is 13.5. The molecule has 0 bridgehead atoms. The highest BCUT2D eigenvalue weighted by Crippen LogP contribution is 2.17. The Bertz CT molecular complexity index is 294. The molecule has 0 N–H and O–H groups in total. The summed E-state index contributed by atoms with van der Waals surface area (Å²) in [5, 5.41) is 0.817. The van der Waals surface area contributed by atoms with Gasteiger partial charge in [0.05, 0.1) is 19.6 Å². The maximum atomic E-state index is 11.8. The van der Waals surface area contributed by atoms with Crippen molar-refractivity contribution in [1.29, 1.82) is 0 Å². The Morgan fingerprint density at radius 3 is 1.95 bits per heavy atom. The molecule has 0 fully saturated rings. The van der Waals surface area contributed by atoms with Gasteiger partial charge in [-0.1, -0.05) is 42.6 Å². The van der Waals surface area contributed by atoms with Gasteiger partial charge in [0.2, 0.25) is 0 Å². The SMILES string of the molecule is CCC[C@@H](CBr)CC(=O)OC[C@H](CCC)CC(=O)OCC. The van der Waals surface area contributed by atoms with Crippen molar-refractivity contribution in [3.05, 3.63) is 0 Å². The summed E-state index contributed by atoms with van der Waals surface area (Å²) in [7, 11) is 0. The summed E-state index contributed by atoms with van der Waals surface area (Å²) in [6.45, 7) is 6.66. The normalized spacial score (nSPS) is 13.5. The Kier molecular flexibility index (Phi) is 12.7. The zero-order chi connectivity index (χ0) is 16.1. The van der Waals surface area contributed by atoms with Crippen LogP contribution >= 0.6 is 15.9 Å². The van der Waals surface area contributed by atoms with Crippen molar-refractivity contribution in [2.75, 3.05) is 18.5 Å². The Hall–Kier alpha value is -0.580. The molecule has 0 aliphatic rings. The summed E-state index contributed by atoms with van der Waals surface area (Å²) in [5.74, 6) is 0.0120. The van der Waals surface area contributed by atoms with E-state index in [9.17, 15) is 9.59 Å². The quantitative estimate of drug-likeness (QED) is 0.386. The third-order valence-electron chi connectivity index (χ3n) is 3.31. The molecule has 0 radical (unpaired) electrons. The molecule has 4 nitrogen and oxygen atoms in total. The molecule has 0 aromatic carbocycles. The van der Waals surface area contributed by atoms with E-state index in [0.29, 0.717) is 32.0 Å². The minimum atomic E-state index is -0.212. The van der Waals surface area contributed by atoms with Crippen LogP contribution in [0.5, 0.6) is 0 Å². The van der Waals surface area contributed by atoms with Crippen LogP contribution in [-0.4, -0.2) is 30.5 Å². The van der Waals surface area contributed by atoms with Crippen LogP contribution in [0.4, 0.5) is 0 Å². The largest absolute Gasteiger partial charge is 0.466 e. The lowest BCUT2D eigenvalue weighted by Gasteiger charge is -2.17. The van der Waals surface area contributed by atoms with Crippen molar-refractivity contribution in [1.82, 2.24) is 0 Å². The van der Waals surface area contributed by atoms with Gasteiger partial charge >= 0.3 is 11.9 Å². The maximum absolute atomic E-state index is 11.8. The van der Waals surface area contributed by atoms with E-state index in [0.717, 1.165) is 31.0 Å². The topological polar surface area (TPSA) is 52.6 Å². The van der Waals surface area contributed by atoms with Crippen LogP contribution in [-0.2, 0) is 19.1 Å². The maximum Gasteiger partial charge on any atom is 0.306 e. The highest BCUT2D eigenvalue weighted by Gasteiger charge is 2.18. The Balaban J connectivity index is 4.15. The first-order valence-electron chi connectivity index (χ1n) is 7.94. The number of alkyl halides is 1. The monoisotopic (exact) mass is 364 g/mol. The van der Waals surface area contributed by atoms with Gasteiger partial charge in [0.15, 0.2) is 0 Å². The van der Waals surface area contributed by atoms with Gasteiger partial charge in [-0.3, -0.25) is 9.59 Å². The molecule has 124 valence electrons. The molecule has 0 aromatic heterocycles. The van der Waals surface area contributed by atoms with Crippen LogP contribution in [0, 0.1) is 11.8 Å². The minimum absolute atomic E-state index is 0.0617. The van der Waals surface area contributed by atoms with E-state index in [-0.39, 0.29) is 17.9 Å². The van der Waals surface area contributed by atoms with E-state index >= 15 is 0 Å². The molecule has 0 unspecified atom stereocenters. The van der Waals surface area contributed by atoms with Crippen molar-refractivity contribution in [2.45, 2.75) is 59.3 Å². The van der Waals surface area contributed by atoms with E-state index in [2.05, 4.69) is 29.8 Å². The van der Waals surface area contributed by atoms with Gasteiger partial charge in [0.25, 0.3) is 0 Å². The van der Waals surface area contributed by atoms with Gasteiger partial charge in [-0.15, -0.1) is 0 Å². The summed E-state index contributed by atoms with van der Waals surface area (Å²) in [4.78, 5) is 23.4. The number of carbonyl (C=O) groups excluding carboxylic acids is 2. The number of hydrogen-bond acceptors (Lipinski definition) is 4. The van der Waals surface area contributed by atoms with Crippen LogP contribution in [0.15, 0.2) is 0 Å². The number of carbonyl (C=O) groups is 2. The fraction of sp³-hybridized carbons (Fsp3) is 0.875. The average molecular weight is 365 g/mol. The van der Waals surface area contributed by atoms with Gasteiger partial charge in [-0.2, -0.15) is 0 Å². The highest BCUT2D eigenvalue weighted by atomic mass is 79.9. The zero-order valence-corrected chi connectivity index (χ0v) is 15.1. The second kappa shape index (κ2) is 13.1. The molecule has 0 heterocycles. The Morgan fingerprint density at radius 1 is 0.905 bits per heavy atom. The van der Waals surface area contributed by atoms with Crippen LogP contribution in [0.25, 0.3) is 0 Å².